The van der Waals surface area contributed by atoms with Crippen molar-refractivity contribution in [2.75, 3.05) is 0 Å². The maximum absolute atomic E-state index is 11.6. The fourth-order valence-corrected chi connectivity index (χ4v) is 9.69. The van der Waals surface area contributed by atoms with Gasteiger partial charge in [0, 0.05) is 13.3 Å². The molecule has 0 spiro atoms. The van der Waals surface area contributed by atoms with Gasteiger partial charge in [0.05, 0.1) is 11.6 Å². The third-order valence-corrected chi connectivity index (χ3v) is 11.5. The molecule has 33 heavy (non-hydrogen) atoms. The van der Waals surface area contributed by atoms with E-state index in [-0.39, 0.29) is 17.5 Å². The van der Waals surface area contributed by atoms with Crippen molar-refractivity contribution < 1.29 is 14.6 Å². The fraction of sp³-hybridized carbons (Fsp3) is 0.966. The molecule has 4 fully saturated rings. The lowest BCUT2D eigenvalue weighted by Gasteiger charge is -2.66. The highest BCUT2D eigenvalue weighted by atomic mass is 16.5. The van der Waals surface area contributed by atoms with Crippen LogP contribution in [0.25, 0.3) is 0 Å². The highest BCUT2D eigenvalue weighted by molar-refractivity contribution is 5.66. The van der Waals surface area contributed by atoms with E-state index in [0.29, 0.717) is 23.7 Å². The summed E-state index contributed by atoms with van der Waals surface area (Å²) in [6.45, 7) is 13.6. The van der Waals surface area contributed by atoms with E-state index >= 15 is 0 Å². The van der Waals surface area contributed by atoms with Crippen LogP contribution in [0.15, 0.2) is 0 Å². The van der Waals surface area contributed by atoms with Gasteiger partial charge in [0.15, 0.2) is 0 Å². The van der Waals surface area contributed by atoms with Crippen molar-refractivity contribution in [2.45, 2.75) is 130 Å². The van der Waals surface area contributed by atoms with E-state index in [1.807, 2.05) is 0 Å². The zero-order chi connectivity index (χ0) is 24.2. The molecule has 0 aromatic heterocycles. The Kier molecular flexibility index (Phi) is 7.04. The molecule has 4 saturated carbocycles. The van der Waals surface area contributed by atoms with Crippen molar-refractivity contribution in [3.63, 3.8) is 0 Å². The largest absolute Gasteiger partial charge is 0.462 e. The summed E-state index contributed by atoms with van der Waals surface area (Å²) < 4.78 is 5.58. The number of nitrogens with two attached hydrogens (primary N) is 1. The summed E-state index contributed by atoms with van der Waals surface area (Å²) >= 11 is 0. The number of carbonyl (C=O) groups is 1. The number of aliphatic hydroxyl groups excluding tert-OH is 1. The van der Waals surface area contributed by atoms with Gasteiger partial charge in [-0.3, -0.25) is 4.79 Å². The molecule has 4 aliphatic rings. The van der Waals surface area contributed by atoms with E-state index in [1.165, 1.54) is 51.9 Å². The summed E-state index contributed by atoms with van der Waals surface area (Å²) in [7, 11) is 0. The molecular formula is C29H51NO3. The van der Waals surface area contributed by atoms with E-state index in [9.17, 15) is 9.90 Å². The molecule has 0 aromatic rings. The Hall–Kier alpha value is -0.610. The van der Waals surface area contributed by atoms with Crippen LogP contribution in [0.1, 0.15) is 112 Å². The van der Waals surface area contributed by atoms with Gasteiger partial charge in [-0.2, -0.15) is 0 Å². The normalized spacial score (nSPS) is 48.0. The molecule has 0 amide bonds. The number of hydrogen-bond donors (Lipinski definition) is 2. The van der Waals surface area contributed by atoms with E-state index in [4.69, 9.17) is 10.5 Å². The minimum Gasteiger partial charge on any atom is -0.462 e. The molecule has 0 aromatic carbocycles. The molecule has 4 rings (SSSR count). The first-order chi connectivity index (χ1) is 15.4. The van der Waals surface area contributed by atoms with Gasteiger partial charge in [-0.15, -0.1) is 0 Å². The van der Waals surface area contributed by atoms with Gasteiger partial charge in [0.1, 0.15) is 6.10 Å². The monoisotopic (exact) mass is 461 g/mol. The number of ether oxygens (including phenoxy) is 1. The first kappa shape index (κ1) is 25.5. The summed E-state index contributed by atoms with van der Waals surface area (Å²) in [6.07, 6.45) is 11.9. The molecule has 0 bridgehead atoms. The number of hydrogen-bond acceptors (Lipinski definition) is 4. The zero-order valence-corrected chi connectivity index (χ0v) is 22.2. The predicted octanol–water partition coefficient (Wildman–Crippen LogP) is 6.09. The Morgan fingerprint density at radius 2 is 1.79 bits per heavy atom. The van der Waals surface area contributed by atoms with Crippen molar-refractivity contribution >= 4 is 5.97 Å². The lowest BCUT2D eigenvalue weighted by Crippen LogP contribution is -2.73. The number of esters is 1. The van der Waals surface area contributed by atoms with Gasteiger partial charge >= 0.3 is 5.97 Å². The van der Waals surface area contributed by atoms with Crippen LogP contribution < -0.4 is 5.73 Å². The Bertz CT molecular complexity index is 724. The first-order valence-corrected chi connectivity index (χ1v) is 14.1. The van der Waals surface area contributed by atoms with Gasteiger partial charge in [0.2, 0.25) is 0 Å². The summed E-state index contributed by atoms with van der Waals surface area (Å²) in [4.78, 5) is 11.6. The maximum Gasteiger partial charge on any atom is 0.302 e. The summed E-state index contributed by atoms with van der Waals surface area (Å²) in [5, 5.41) is 11.5. The Morgan fingerprint density at radius 3 is 2.45 bits per heavy atom. The zero-order valence-electron chi connectivity index (χ0n) is 22.2. The van der Waals surface area contributed by atoms with Crippen LogP contribution in [-0.2, 0) is 9.53 Å². The highest BCUT2D eigenvalue weighted by Gasteiger charge is 2.66. The smallest absolute Gasteiger partial charge is 0.302 e. The molecule has 4 heteroatoms. The third kappa shape index (κ3) is 4.20. The SMILES string of the molecule is CC(=O)O[C@H]1CC[C@]2(C)[C@H]3CC[C@]4(C)[C@@H](C(C)CCCC(C)C)CC[C@H]4[C@@H]3C[C@@H](O)[C@@]2(N)C1. The van der Waals surface area contributed by atoms with E-state index in [2.05, 4.69) is 34.6 Å². The summed E-state index contributed by atoms with van der Waals surface area (Å²) in [5.41, 5.74) is 6.79. The van der Waals surface area contributed by atoms with Crippen LogP contribution in [0, 0.1) is 46.3 Å². The maximum atomic E-state index is 11.6. The molecule has 4 aliphatic carbocycles. The molecule has 190 valence electrons. The molecule has 10 atom stereocenters. The van der Waals surface area contributed by atoms with Crippen molar-refractivity contribution in [1.29, 1.82) is 0 Å². The minimum atomic E-state index is -0.650. The lowest BCUT2D eigenvalue weighted by atomic mass is 9.41. The summed E-state index contributed by atoms with van der Waals surface area (Å²) in [5.74, 6) is 4.07. The van der Waals surface area contributed by atoms with Crippen LogP contribution in [0.5, 0.6) is 0 Å². The quantitative estimate of drug-likeness (QED) is 0.469. The second-order valence-corrected chi connectivity index (χ2v) is 13.6. The van der Waals surface area contributed by atoms with E-state index in [0.717, 1.165) is 42.9 Å². The molecule has 1 unspecified atom stereocenters. The van der Waals surface area contributed by atoms with Gasteiger partial charge in [-0.25, -0.2) is 0 Å². The predicted molar refractivity (Wildman–Crippen MR) is 133 cm³/mol. The van der Waals surface area contributed by atoms with Crippen molar-refractivity contribution in [3.8, 4) is 0 Å². The third-order valence-electron chi connectivity index (χ3n) is 11.5. The molecule has 3 N–H and O–H groups in total. The van der Waals surface area contributed by atoms with Crippen LogP contribution in [-0.4, -0.2) is 28.8 Å². The van der Waals surface area contributed by atoms with Gasteiger partial charge in [0.25, 0.3) is 0 Å². The number of aliphatic hydroxyl groups is 1. The molecule has 0 radical (unpaired) electrons. The van der Waals surface area contributed by atoms with Crippen molar-refractivity contribution in [3.05, 3.63) is 0 Å². The molecule has 4 nitrogen and oxygen atoms in total. The lowest BCUT2D eigenvalue weighted by molar-refractivity contribution is -0.192. The number of carbonyl (C=O) groups excluding carboxylic acids is 1. The Balaban J connectivity index is 1.51. The first-order valence-electron chi connectivity index (χ1n) is 14.1. The topological polar surface area (TPSA) is 72.5 Å². The molecule has 0 saturated heterocycles. The fourth-order valence-electron chi connectivity index (χ4n) is 9.69. The average molecular weight is 462 g/mol. The van der Waals surface area contributed by atoms with Crippen molar-refractivity contribution in [1.82, 2.24) is 0 Å². The van der Waals surface area contributed by atoms with Crippen LogP contribution in [0.2, 0.25) is 0 Å². The molecule has 0 aliphatic heterocycles. The summed E-state index contributed by atoms with van der Waals surface area (Å²) in [6, 6.07) is 0. The minimum absolute atomic E-state index is 0.0751. The van der Waals surface area contributed by atoms with Crippen LogP contribution in [0.4, 0.5) is 0 Å². The van der Waals surface area contributed by atoms with E-state index < -0.39 is 11.6 Å². The van der Waals surface area contributed by atoms with Gasteiger partial charge < -0.3 is 15.6 Å². The van der Waals surface area contributed by atoms with Gasteiger partial charge in [-0.05, 0) is 91.3 Å². The van der Waals surface area contributed by atoms with Crippen molar-refractivity contribution in [2.24, 2.45) is 52.1 Å². The highest BCUT2D eigenvalue weighted by Crippen LogP contribution is 2.68. The van der Waals surface area contributed by atoms with Gasteiger partial charge in [-0.1, -0.05) is 53.9 Å². The van der Waals surface area contributed by atoms with Crippen LogP contribution >= 0.6 is 0 Å². The Labute approximate surface area is 202 Å². The molecular weight excluding hydrogens is 410 g/mol. The standard InChI is InChI=1S/C29H51NO3/c1-18(2)8-7-9-19(3)23-10-11-24-22-16-26(32)29(30)17-21(33-20(4)31)12-15-28(29,6)25(22)13-14-27(23,24)5/h18-19,21-26,32H,7-17,30H2,1-6H3/t19?,21-,22-,23+,24-,25-,26+,27+,28+,29-/m0/s1. The average Bonchev–Trinajstić information content (AvgIpc) is 3.07. The Morgan fingerprint density at radius 1 is 1.06 bits per heavy atom. The van der Waals surface area contributed by atoms with Crippen LogP contribution in [0.3, 0.4) is 0 Å². The van der Waals surface area contributed by atoms with E-state index in [1.54, 1.807) is 0 Å². The number of rotatable bonds is 6. The second kappa shape index (κ2) is 9.12. The number of fused-ring (bicyclic) bond motifs is 5. The second-order valence-electron chi connectivity index (χ2n) is 13.6. The molecule has 0 heterocycles.